The molecule has 4 aliphatic rings. The first kappa shape index (κ1) is 15.5. The van der Waals surface area contributed by atoms with Crippen LogP contribution in [0.2, 0.25) is 10.0 Å². The fourth-order valence-corrected chi connectivity index (χ4v) is 5.84. The molecule has 4 heteroatoms. The maximum atomic E-state index is 12.4. The number of carbonyl (C=O) groups excluding carboxylic acids is 1. The molecule has 1 N–H and O–H groups in total. The number of amides is 1. The Labute approximate surface area is 147 Å². The van der Waals surface area contributed by atoms with Gasteiger partial charge in [-0.3, -0.25) is 4.79 Å². The molecule has 23 heavy (non-hydrogen) atoms. The molecule has 1 aromatic carbocycles. The van der Waals surface area contributed by atoms with E-state index in [1.165, 1.54) is 38.5 Å². The average Bonchev–Trinajstić information content (AvgIpc) is 2.44. The first-order valence-electron chi connectivity index (χ1n) is 8.47. The van der Waals surface area contributed by atoms with Crippen molar-refractivity contribution in [3.05, 3.63) is 39.9 Å². The van der Waals surface area contributed by atoms with Crippen LogP contribution >= 0.6 is 23.2 Å². The van der Waals surface area contributed by atoms with Crippen LogP contribution in [0.5, 0.6) is 0 Å². The van der Waals surface area contributed by atoms with Crippen molar-refractivity contribution < 1.29 is 4.79 Å². The summed E-state index contributed by atoms with van der Waals surface area (Å²) in [4.78, 5) is 12.4. The van der Waals surface area contributed by atoms with Gasteiger partial charge < -0.3 is 5.32 Å². The van der Waals surface area contributed by atoms with Gasteiger partial charge in [-0.2, -0.15) is 0 Å². The molecule has 0 unspecified atom stereocenters. The van der Waals surface area contributed by atoms with Crippen molar-refractivity contribution >= 4 is 35.2 Å². The lowest BCUT2D eigenvalue weighted by molar-refractivity contribution is -0.122. The standard InChI is InChI=1S/C19H21Cl2NO/c20-16-3-1-15(17(21)8-16)2-4-18(23)22-19-9-12-5-13(10-19)7-14(6-12)11-19/h1-4,8,12-14H,5-7,9-11H2,(H,22,23). The molecule has 5 rings (SSSR count). The van der Waals surface area contributed by atoms with Crippen LogP contribution in [0.25, 0.3) is 6.08 Å². The van der Waals surface area contributed by atoms with Crippen molar-refractivity contribution in [3.63, 3.8) is 0 Å². The van der Waals surface area contributed by atoms with Gasteiger partial charge >= 0.3 is 0 Å². The zero-order valence-electron chi connectivity index (χ0n) is 13.0. The second kappa shape index (κ2) is 5.82. The molecular weight excluding hydrogens is 329 g/mol. The molecule has 1 amide bonds. The van der Waals surface area contributed by atoms with Crippen molar-refractivity contribution in [3.8, 4) is 0 Å². The first-order chi connectivity index (χ1) is 11.0. The fourth-order valence-electron chi connectivity index (χ4n) is 5.37. The number of rotatable bonds is 3. The van der Waals surface area contributed by atoms with E-state index in [2.05, 4.69) is 5.32 Å². The normalized spacial score (nSPS) is 35.0. The molecule has 0 spiro atoms. The predicted octanol–water partition coefficient (Wildman–Crippen LogP) is 5.09. The Bertz CT molecular complexity index is 632. The second-order valence-corrected chi connectivity index (χ2v) is 8.53. The van der Waals surface area contributed by atoms with Crippen LogP contribution in [0.1, 0.15) is 44.1 Å². The van der Waals surface area contributed by atoms with E-state index in [-0.39, 0.29) is 11.4 Å². The van der Waals surface area contributed by atoms with Gasteiger partial charge in [0.15, 0.2) is 0 Å². The third-order valence-corrected chi connectivity index (χ3v) is 6.37. The Kier molecular flexibility index (Phi) is 3.93. The van der Waals surface area contributed by atoms with Crippen LogP contribution < -0.4 is 5.32 Å². The number of hydrogen-bond donors (Lipinski definition) is 1. The smallest absolute Gasteiger partial charge is 0.244 e. The molecule has 1 aromatic rings. The molecule has 0 saturated heterocycles. The van der Waals surface area contributed by atoms with Gasteiger partial charge in [0, 0.05) is 21.7 Å². The molecule has 0 radical (unpaired) electrons. The molecule has 0 heterocycles. The Balaban J connectivity index is 1.45. The maximum absolute atomic E-state index is 12.4. The Morgan fingerprint density at radius 2 is 1.70 bits per heavy atom. The molecule has 122 valence electrons. The van der Waals surface area contributed by atoms with E-state index in [1.54, 1.807) is 24.3 Å². The van der Waals surface area contributed by atoms with Crippen molar-refractivity contribution in [2.45, 2.75) is 44.1 Å². The van der Waals surface area contributed by atoms with Gasteiger partial charge in [-0.15, -0.1) is 0 Å². The van der Waals surface area contributed by atoms with Crippen molar-refractivity contribution in [1.29, 1.82) is 0 Å². The topological polar surface area (TPSA) is 29.1 Å². The minimum atomic E-state index is -0.00188. The zero-order chi connectivity index (χ0) is 16.0. The van der Waals surface area contributed by atoms with Gasteiger partial charge in [0.05, 0.1) is 0 Å². The van der Waals surface area contributed by atoms with Gasteiger partial charge in [0.1, 0.15) is 0 Å². The van der Waals surface area contributed by atoms with E-state index in [0.717, 1.165) is 23.3 Å². The summed E-state index contributed by atoms with van der Waals surface area (Å²) in [5, 5.41) is 4.50. The van der Waals surface area contributed by atoms with Gasteiger partial charge in [-0.05, 0) is 80.1 Å². The molecule has 4 fully saturated rings. The quantitative estimate of drug-likeness (QED) is 0.756. The predicted molar refractivity (Wildman–Crippen MR) is 94.5 cm³/mol. The van der Waals surface area contributed by atoms with Crippen LogP contribution in [-0.4, -0.2) is 11.4 Å². The number of benzene rings is 1. The molecular formula is C19H21Cl2NO. The third kappa shape index (κ3) is 3.16. The van der Waals surface area contributed by atoms with E-state index in [1.807, 2.05) is 6.07 Å². The minimum absolute atomic E-state index is 0.00188. The lowest BCUT2D eigenvalue weighted by atomic mass is 9.53. The zero-order valence-corrected chi connectivity index (χ0v) is 14.5. The highest BCUT2D eigenvalue weighted by atomic mass is 35.5. The van der Waals surface area contributed by atoms with Crippen LogP contribution in [-0.2, 0) is 4.79 Å². The summed E-state index contributed by atoms with van der Waals surface area (Å²) in [5.41, 5.74) is 0.872. The number of nitrogens with one attached hydrogen (secondary N) is 1. The third-order valence-electron chi connectivity index (χ3n) is 5.80. The van der Waals surface area contributed by atoms with Crippen LogP contribution in [0.3, 0.4) is 0 Å². The minimum Gasteiger partial charge on any atom is -0.347 e. The van der Waals surface area contributed by atoms with Crippen LogP contribution in [0, 0.1) is 17.8 Å². The van der Waals surface area contributed by atoms with Gasteiger partial charge in [0.2, 0.25) is 5.91 Å². The SMILES string of the molecule is O=C(C=Cc1ccc(Cl)cc1Cl)NC12CC3CC(CC(C3)C1)C2. The molecule has 4 aliphatic carbocycles. The van der Waals surface area contributed by atoms with E-state index < -0.39 is 0 Å². The van der Waals surface area contributed by atoms with Gasteiger partial charge in [0.25, 0.3) is 0 Å². The van der Waals surface area contributed by atoms with Crippen molar-refractivity contribution in [2.24, 2.45) is 17.8 Å². The van der Waals surface area contributed by atoms with E-state index in [0.29, 0.717) is 10.0 Å². The highest BCUT2D eigenvalue weighted by molar-refractivity contribution is 6.35. The maximum Gasteiger partial charge on any atom is 0.244 e. The lowest BCUT2D eigenvalue weighted by Crippen LogP contribution is -2.59. The largest absolute Gasteiger partial charge is 0.347 e. The van der Waals surface area contributed by atoms with E-state index in [9.17, 15) is 4.79 Å². The highest BCUT2D eigenvalue weighted by Gasteiger charge is 2.51. The Morgan fingerprint density at radius 3 is 2.26 bits per heavy atom. The highest BCUT2D eigenvalue weighted by Crippen LogP contribution is 2.55. The summed E-state index contributed by atoms with van der Waals surface area (Å²) in [6, 6.07) is 5.31. The molecule has 0 aliphatic heterocycles. The summed E-state index contributed by atoms with van der Waals surface area (Å²) in [7, 11) is 0. The molecule has 0 atom stereocenters. The van der Waals surface area contributed by atoms with Crippen molar-refractivity contribution in [2.75, 3.05) is 0 Å². The van der Waals surface area contributed by atoms with Gasteiger partial charge in [-0.1, -0.05) is 29.3 Å². The Morgan fingerprint density at radius 1 is 1.09 bits per heavy atom. The molecule has 2 nitrogen and oxygen atoms in total. The summed E-state index contributed by atoms with van der Waals surface area (Å²) < 4.78 is 0. The lowest BCUT2D eigenvalue weighted by Gasteiger charge is -2.56. The average molecular weight is 350 g/mol. The number of halogens is 2. The summed E-state index contributed by atoms with van der Waals surface area (Å²) >= 11 is 12.0. The monoisotopic (exact) mass is 349 g/mol. The Hall–Kier alpha value is -0.990. The first-order valence-corrected chi connectivity index (χ1v) is 9.22. The summed E-state index contributed by atoms with van der Waals surface area (Å²) in [6.45, 7) is 0. The van der Waals surface area contributed by atoms with E-state index in [4.69, 9.17) is 23.2 Å². The van der Waals surface area contributed by atoms with Gasteiger partial charge in [-0.25, -0.2) is 0 Å². The summed E-state index contributed by atoms with van der Waals surface area (Å²) in [5.74, 6) is 2.49. The summed E-state index contributed by atoms with van der Waals surface area (Å²) in [6.07, 6.45) is 11.0. The van der Waals surface area contributed by atoms with Crippen LogP contribution in [0.15, 0.2) is 24.3 Å². The number of carbonyl (C=O) groups is 1. The number of hydrogen-bond acceptors (Lipinski definition) is 1. The molecule has 4 bridgehead atoms. The molecule has 4 saturated carbocycles. The molecule has 0 aromatic heterocycles. The van der Waals surface area contributed by atoms with E-state index >= 15 is 0 Å². The fraction of sp³-hybridized carbons (Fsp3) is 0.526. The second-order valence-electron chi connectivity index (χ2n) is 7.69. The van der Waals surface area contributed by atoms with Crippen molar-refractivity contribution in [1.82, 2.24) is 5.32 Å². The van der Waals surface area contributed by atoms with Crippen LogP contribution in [0.4, 0.5) is 0 Å².